The average Bonchev–Trinajstić information content (AvgIpc) is 3.00. The summed E-state index contributed by atoms with van der Waals surface area (Å²) in [6.45, 7) is 6.40. The van der Waals surface area contributed by atoms with Crippen molar-refractivity contribution >= 4 is 11.5 Å². The molecule has 1 atom stereocenters. The highest BCUT2D eigenvalue weighted by molar-refractivity contribution is 5.83. The van der Waals surface area contributed by atoms with E-state index in [4.69, 9.17) is 9.73 Å². The summed E-state index contributed by atoms with van der Waals surface area (Å²) in [5.74, 6) is -0.0768. The predicted molar refractivity (Wildman–Crippen MR) is 92.4 cm³/mol. The first-order valence-electron chi connectivity index (χ1n) is 9.05. The van der Waals surface area contributed by atoms with Gasteiger partial charge >= 0.3 is 5.97 Å². The standard InChI is InChI=1S/C20H24N2O2/c1-3-20(19(23)24-4-2)11-7-12-22-13-10-15-14-8-5-6-9-16(14)21-17(15)18(20)22/h5-6,8-9H,3-4,7,10-13H2,1-2H3. The lowest BCUT2D eigenvalue weighted by atomic mass is 9.72. The predicted octanol–water partition coefficient (Wildman–Crippen LogP) is 2.14. The van der Waals surface area contributed by atoms with Crippen LogP contribution in [0.5, 0.6) is 0 Å². The first-order valence-corrected chi connectivity index (χ1v) is 9.05. The molecule has 4 nitrogen and oxygen atoms in total. The summed E-state index contributed by atoms with van der Waals surface area (Å²) < 4.78 is 5.50. The number of esters is 1. The fraction of sp³-hybridized carbons (Fsp3) is 0.500. The van der Waals surface area contributed by atoms with E-state index < -0.39 is 5.41 Å². The summed E-state index contributed by atoms with van der Waals surface area (Å²) >= 11 is 0. The topological polar surface area (TPSA) is 41.9 Å². The van der Waals surface area contributed by atoms with Gasteiger partial charge in [0, 0.05) is 18.3 Å². The quantitative estimate of drug-likeness (QED) is 0.800. The Hall–Kier alpha value is -2.10. The summed E-state index contributed by atoms with van der Waals surface area (Å²) in [7, 11) is 0. The highest BCUT2D eigenvalue weighted by Gasteiger charge is 2.49. The minimum atomic E-state index is -0.541. The molecule has 1 unspecified atom stereocenters. The van der Waals surface area contributed by atoms with E-state index in [-0.39, 0.29) is 5.97 Å². The molecule has 3 aliphatic rings. The third-order valence-corrected chi connectivity index (χ3v) is 5.67. The van der Waals surface area contributed by atoms with Gasteiger partial charge < -0.3 is 9.64 Å². The molecule has 1 fully saturated rings. The Morgan fingerprint density at radius 2 is 2.12 bits per heavy atom. The Bertz CT molecular complexity index is 839. The number of benzene rings is 1. The Kier molecular flexibility index (Phi) is 3.70. The number of hydrogen-bond donors (Lipinski definition) is 0. The lowest BCUT2D eigenvalue weighted by Gasteiger charge is -2.46. The third kappa shape index (κ3) is 2.05. The molecule has 4 rings (SSSR count). The maximum Gasteiger partial charge on any atom is 0.318 e. The van der Waals surface area contributed by atoms with Gasteiger partial charge in [0.25, 0.3) is 0 Å². The molecule has 1 aromatic carbocycles. The number of allylic oxidation sites excluding steroid dienone is 1. The highest BCUT2D eigenvalue weighted by Crippen LogP contribution is 2.48. The van der Waals surface area contributed by atoms with E-state index in [0.717, 1.165) is 55.5 Å². The van der Waals surface area contributed by atoms with Crippen LogP contribution in [0.25, 0.3) is 5.57 Å². The van der Waals surface area contributed by atoms with Gasteiger partial charge in [-0.2, -0.15) is 0 Å². The highest BCUT2D eigenvalue weighted by atomic mass is 16.5. The zero-order valence-electron chi connectivity index (χ0n) is 14.5. The zero-order valence-corrected chi connectivity index (χ0v) is 14.5. The maximum atomic E-state index is 12.9. The van der Waals surface area contributed by atoms with Crippen LogP contribution in [-0.4, -0.2) is 30.6 Å². The molecule has 24 heavy (non-hydrogen) atoms. The molecule has 0 aliphatic carbocycles. The number of nitrogens with zero attached hydrogens (tertiary/aromatic N) is 2. The van der Waals surface area contributed by atoms with Crippen molar-refractivity contribution in [3.05, 3.63) is 46.2 Å². The van der Waals surface area contributed by atoms with Crippen molar-refractivity contribution < 1.29 is 9.53 Å². The Balaban J connectivity index is 1.96. The average molecular weight is 324 g/mol. The fourth-order valence-electron chi connectivity index (χ4n) is 4.50. The van der Waals surface area contributed by atoms with Crippen LogP contribution < -0.4 is 10.6 Å². The molecule has 1 saturated heterocycles. The second-order valence-electron chi connectivity index (χ2n) is 6.80. The van der Waals surface area contributed by atoms with Crippen LogP contribution in [0.1, 0.15) is 39.5 Å². The molecular formula is C20H24N2O2. The molecule has 0 bridgehead atoms. The molecule has 0 radical (unpaired) electrons. The van der Waals surface area contributed by atoms with Crippen LogP contribution in [0.3, 0.4) is 0 Å². The molecule has 0 spiro atoms. The van der Waals surface area contributed by atoms with Crippen molar-refractivity contribution in [3.8, 4) is 0 Å². The largest absolute Gasteiger partial charge is 0.465 e. The molecule has 0 aromatic heterocycles. The number of ether oxygens (including phenoxy) is 1. The summed E-state index contributed by atoms with van der Waals surface area (Å²) in [4.78, 5) is 20.3. The summed E-state index contributed by atoms with van der Waals surface area (Å²) in [5.41, 5.74) is 2.92. The maximum absolute atomic E-state index is 12.9. The van der Waals surface area contributed by atoms with Crippen LogP contribution in [-0.2, 0) is 9.53 Å². The van der Waals surface area contributed by atoms with E-state index in [1.54, 1.807) is 0 Å². The fourth-order valence-corrected chi connectivity index (χ4v) is 4.50. The van der Waals surface area contributed by atoms with Crippen molar-refractivity contribution in [1.29, 1.82) is 0 Å². The van der Waals surface area contributed by atoms with Gasteiger partial charge in [-0.1, -0.05) is 25.1 Å². The van der Waals surface area contributed by atoms with Crippen LogP contribution in [0.4, 0.5) is 0 Å². The van der Waals surface area contributed by atoms with Gasteiger partial charge in [-0.15, -0.1) is 0 Å². The van der Waals surface area contributed by atoms with E-state index in [1.807, 2.05) is 13.0 Å². The minimum absolute atomic E-state index is 0.0768. The Labute approximate surface area is 142 Å². The van der Waals surface area contributed by atoms with Gasteiger partial charge in [-0.3, -0.25) is 4.79 Å². The van der Waals surface area contributed by atoms with Crippen molar-refractivity contribution in [2.24, 2.45) is 10.4 Å². The van der Waals surface area contributed by atoms with Gasteiger partial charge in [-0.25, -0.2) is 4.99 Å². The van der Waals surface area contributed by atoms with Gasteiger partial charge in [0.15, 0.2) is 0 Å². The second-order valence-corrected chi connectivity index (χ2v) is 6.80. The third-order valence-electron chi connectivity index (χ3n) is 5.67. The first kappa shape index (κ1) is 15.4. The second kappa shape index (κ2) is 5.76. The molecule has 0 saturated carbocycles. The van der Waals surface area contributed by atoms with Crippen molar-refractivity contribution in [1.82, 2.24) is 4.90 Å². The zero-order chi connectivity index (χ0) is 16.7. The van der Waals surface area contributed by atoms with Crippen molar-refractivity contribution in [2.75, 3.05) is 19.7 Å². The Morgan fingerprint density at radius 3 is 2.92 bits per heavy atom. The van der Waals surface area contributed by atoms with E-state index in [0.29, 0.717) is 6.61 Å². The molecule has 126 valence electrons. The van der Waals surface area contributed by atoms with Crippen LogP contribution in [0, 0.1) is 5.41 Å². The SMILES string of the molecule is CCOC(=O)C1(CC)CCCN2CCC3=c4ccccc4=NC3=C21. The van der Waals surface area contributed by atoms with Crippen molar-refractivity contribution in [3.63, 3.8) is 0 Å². The van der Waals surface area contributed by atoms with Gasteiger partial charge in [0.2, 0.25) is 0 Å². The molecule has 3 heterocycles. The van der Waals surface area contributed by atoms with E-state index in [1.165, 1.54) is 10.8 Å². The normalized spacial score (nSPS) is 24.9. The molecular weight excluding hydrogens is 300 g/mol. The number of para-hydroxylation sites is 1. The minimum Gasteiger partial charge on any atom is -0.465 e. The molecule has 0 amide bonds. The van der Waals surface area contributed by atoms with Gasteiger partial charge in [0.1, 0.15) is 5.41 Å². The number of piperidine rings is 1. The lowest BCUT2D eigenvalue weighted by molar-refractivity contribution is -0.156. The number of rotatable bonds is 3. The van der Waals surface area contributed by atoms with Crippen LogP contribution in [0.15, 0.2) is 40.7 Å². The smallest absolute Gasteiger partial charge is 0.318 e. The summed E-state index contributed by atoms with van der Waals surface area (Å²) in [6, 6.07) is 8.32. The van der Waals surface area contributed by atoms with Crippen LogP contribution in [0.2, 0.25) is 0 Å². The van der Waals surface area contributed by atoms with E-state index in [2.05, 4.69) is 30.0 Å². The molecule has 0 N–H and O–H groups in total. The molecule has 4 heteroatoms. The summed E-state index contributed by atoms with van der Waals surface area (Å²) in [5, 5.41) is 2.27. The number of carbonyl (C=O) groups is 1. The van der Waals surface area contributed by atoms with Crippen LogP contribution >= 0.6 is 0 Å². The van der Waals surface area contributed by atoms with Gasteiger partial charge in [0.05, 0.1) is 23.4 Å². The Morgan fingerprint density at radius 1 is 1.29 bits per heavy atom. The van der Waals surface area contributed by atoms with E-state index in [9.17, 15) is 4.79 Å². The number of fused-ring (bicyclic) bond motifs is 3. The van der Waals surface area contributed by atoms with Crippen molar-refractivity contribution in [2.45, 2.75) is 39.5 Å². The van der Waals surface area contributed by atoms with Gasteiger partial charge in [-0.05, 0) is 44.2 Å². The van der Waals surface area contributed by atoms with E-state index >= 15 is 0 Å². The first-order chi connectivity index (χ1) is 11.7. The molecule has 3 aliphatic heterocycles. The monoisotopic (exact) mass is 324 g/mol. The number of carbonyl (C=O) groups excluding carboxylic acids is 1. The lowest BCUT2D eigenvalue weighted by Crippen LogP contribution is -2.48. The molecule has 1 aromatic rings. The number of hydrogen-bond acceptors (Lipinski definition) is 4. The summed E-state index contributed by atoms with van der Waals surface area (Å²) in [6.07, 6.45) is 3.66.